The molecule has 1 saturated carbocycles. The molecule has 0 aromatic carbocycles. The SMILES string of the molecule is O=C(NCC1CCCCC1Cl)c1cccnc1. The highest BCUT2D eigenvalue weighted by Crippen LogP contribution is 2.27. The van der Waals surface area contributed by atoms with Crippen LogP contribution in [0.15, 0.2) is 24.5 Å². The van der Waals surface area contributed by atoms with Crippen molar-refractivity contribution >= 4 is 17.5 Å². The quantitative estimate of drug-likeness (QED) is 0.841. The molecule has 2 rings (SSSR count). The second-order valence-electron chi connectivity index (χ2n) is 4.51. The summed E-state index contributed by atoms with van der Waals surface area (Å²) in [5, 5.41) is 3.14. The molecule has 1 fully saturated rings. The molecular weight excluding hydrogens is 236 g/mol. The van der Waals surface area contributed by atoms with Gasteiger partial charge in [-0.1, -0.05) is 12.8 Å². The Morgan fingerprint density at radius 1 is 1.47 bits per heavy atom. The van der Waals surface area contributed by atoms with Crippen molar-refractivity contribution < 1.29 is 4.79 Å². The van der Waals surface area contributed by atoms with E-state index in [1.165, 1.54) is 12.8 Å². The number of aromatic nitrogens is 1. The van der Waals surface area contributed by atoms with Gasteiger partial charge in [-0.3, -0.25) is 9.78 Å². The van der Waals surface area contributed by atoms with Crippen molar-refractivity contribution in [3.8, 4) is 0 Å². The maximum absolute atomic E-state index is 11.8. The van der Waals surface area contributed by atoms with Crippen LogP contribution in [0.2, 0.25) is 0 Å². The van der Waals surface area contributed by atoms with Crippen LogP contribution in [-0.4, -0.2) is 22.8 Å². The first-order valence-corrected chi connectivity index (χ1v) is 6.53. The normalized spacial score (nSPS) is 24.3. The lowest BCUT2D eigenvalue weighted by atomic mass is 9.88. The number of hydrogen-bond acceptors (Lipinski definition) is 2. The van der Waals surface area contributed by atoms with E-state index in [1.807, 2.05) is 0 Å². The van der Waals surface area contributed by atoms with Gasteiger partial charge in [0.2, 0.25) is 0 Å². The summed E-state index contributed by atoms with van der Waals surface area (Å²) < 4.78 is 0. The smallest absolute Gasteiger partial charge is 0.252 e. The number of halogens is 1. The molecule has 1 amide bonds. The molecular formula is C13H17ClN2O. The highest BCUT2D eigenvalue weighted by Gasteiger charge is 2.23. The first-order valence-electron chi connectivity index (χ1n) is 6.09. The standard InChI is InChI=1S/C13H17ClN2O/c14-12-6-2-1-4-10(12)9-16-13(17)11-5-3-7-15-8-11/h3,5,7-8,10,12H,1-2,4,6,9H2,(H,16,17). The Balaban J connectivity index is 1.84. The summed E-state index contributed by atoms with van der Waals surface area (Å²) in [5.74, 6) is 0.346. The van der Waals surface area contributed by atoms with Crippen LogP contribution >= 0.6 is 11.6 Å². The van der Waals surface area contributed by atoms with Crippen LogP contribution < -0.4 is 5.32 Å². The topological polar surface area (TPSA) is 42.0 Å². The van der Waals surface area contributed by atoms with Crippen molar-refractivity contribution in [2.45, 2.75) is 31.1 Å². The third-order valence-corrected chi connectivity index (χ3v) is 3.84. The predicted octanol–water partition coefficient (Wildman–Crippen LogP) is 2.61. The van der Waals surface area contributed by atoms with Crippen LogP contribution in [0.25, 0.3) is 0 Å². The molecule has 17 heavy (non-hydrogen) atoms. The lowest BCUT2D eigenvalue weighted by Crippen LogP contribution is -2.34. The van der Waals surface area contributed by atoms with Crippen LogP contribution in [0.4, 0.5) is 0 Å². The van der Waals surface area contributed by atoms with Crippen molar-refractivity contribution in [2.75, 3.05) is 6.54 Å². The second-order valence-corrected chi connectivity index (χ2v) is 5.07. The molecule has 1 aliphatic rings. The Morgan fingerprint density at radius 3 is 3.00 bits per heavy atom. The molecule has 3 nitrogen and oxygen atoms in total. The van der Waals surface area contributed by atoms with Crippen LogP contribution in [0.5, 0.6) is 0 Å². The number of pyridine rings is 1. The first kappa shape index (κ1) is 12.4. The van der Waals surface area contributed by atoms with Crippen molar-refractivity contribution in [3.05, 3.63) is 30.1 Å². The summed E-state index contributed by atoms with van der Waals surface area (Å²) in [6.07, 6.45) is 7.84. The van der Waals surface area contributed by atoms with Gasteiger partial charge in [0.15, 0.2) is 0 Å². The van der Waals surface area contributed by atoms with E-state index in [-0.39, 0.29) is 11.3 Å². The minimum Gasteiger partial charge on any atom is -0.352 e. The van der Waals surface area contributed by atoms with Crippen molar-refractivity contribution in [3.63, 3.8) is 0 Å². The fourth-order valence-corrected chi connectivity index (χ4v) is 2.58. The number of amides is 1. The van der Waals surface area contributed by atoms with E-state index in [0.717, 1.165) is 12.8 Å². The van der Waals surface area contributed by atoms with E-state index in [1.54, 1.807) is 24.5 Å². The van der Waals surface area contributed by atoms with Crippen LogP contribution in [0.1, 0.15) is 36.0 Å². The van der Waals surface area contributed by atoms with Gasteiger partial charge < -0.3 is 5.32 Å². The molecule has 92 valence electrons. The van der Waals surface area contributed by atoms with Gasteiger partial charge in [0.05, 0.1) is 5.56 Å². The zero-order valence-electron chi connectivity index (χ0n) is 9.73. The summed E-state index contributed by atoms with van der Waals surface area (Å²) in [5.41, 5.74) is 0.606. The molecule has 0 aliphatic heterocycles. The monoisotopic (exact) mass is 252 g/mol. The number of rotatable bonds is 3. The number of nitrogens with zero attached hydrogens (tertiary/aromatic N) is 1. The molecule has 2 atom stereocenters. The Kier molecular flexibility index (Phi) is 4.37. The van der Waals surface area contributed by atoms with Gasteiger partial charge in [0.1, 0.15) is 0 Å². The number of carbonyl (C=O) groups is 1. The molecule has 0 bridgehead atoms. The van der Waals surface area contributed by atoms with E-state index in [4.69, 9.17) is 11.6 Å². The number of alkyl halides is 1. The molecule has 1 aromatic heterocycles. The van der Waals surface area contributed by atoms with Crippen LogP contribution in [0.3, 0.4) is 0 Å². The number of nitrogens with one attached hydrogen (secondary N) is 1. The third kappa shape index (κ3) is 3.43. The molecule has 0 radical (unpaired) electrons. The maximum atomic E-state index is 11.8. The van der Waals surface area contributed by atoms with E-state index in [9.17, 15) is 4.79 Å². The highest BCUT2D eigenvalue weighted by atomic mass is 35.5. The predicted molar refractivity (Wildman–Crippen MR) is 68.2 cm³/mol. The fraction of sp³-hybridized carbons (Fsp3) is 0.538. The van der Waals surface area contributed by atoms with E-state index >= 15 is 0 Å². The summed E-state index contributed by atoms with van der Waals surface area (Å²) >= 11 is 6.25. The maximum Gasteiger partial charge on any atom is 0.252 e. The Hall–Kier alpha value is -1.09. The molecule has 2 unspecified atom stereocenters. The van der Waals surface area contributed by atoms with Crippen LogP contribution in [-0.2, 0) is 0 Å². The minimum atomic E-state index is -0.0625. The second kappa shape index (κ2) is 6.01. The van der Waals surface area contributed by atoms with Crippen molar-refractivity contribution in [1.29, 1.82) is 0 Å². The Morgan fingerprint density at radius 2 is 2.29 bits per heavy atom. The summed E-state index contributed by atoms with van der Waals surface area (Å²) in [7, 11) is 0. The number of hydrogen-bond donors (Lipinski definition) is 1. The van der Waals surface area contributed by atoms with E-state index < -0.39 is 0 Å². The highest BCUT2D eigenvalue weighted by molar-refractivity contribution is 6.20. The van der Waals surface area contributed by atoms with Crippen molar-refractivity contribution in [1.82, 2.24) is 10.3 Å². The Bertz CT molecular complexity index is 369. The fourth-order valence-electron chi connectivity index (χ4n) is 2.22. The van der Waals surface area contributed by atoms with E-state index in [2.05, 4.69) is 10.3 Å². The summed E-state index contributed by atoms with van der Waals surface area (Å²) in [4.78, 5) is 15.7. The largest absolute Gasteiger partial charge is 0.352 e. The van der Waals surface area contributed by atoms with Gasteiger partial charge in [-0.15, -0.1) is 11.6 Å². The van der Waals surface area contributed by atoms with Gasteiger partial charge in [-0.2, -0.15) is 0 Å². The summed E-state index contributed by atoms with van der Waals surface area (Å²) in [6, 6.07) is 3.53. The van der Waals surface area contributed by atoms with Gasteiger partial charge in [0.25, 0.3) is 5.91 Å². The Labute approximate surface area is 107 Å². The lowest BCUT2D eigenvalue weighted by Gasteiger charge is -2.27. The zero-order chi connectivity index (χ0) is 12.1. The first-order chi connectivity index (χ1) is 8.27. The van der Waals surface area contributed by atoms with Gasteiger partial charge in [0, 0.05) is 24.3 Å². The van der Waals surface area contributed by atoms with Gasteiger partial charge in [-0.25, -0.2) is 0 Å². The minimum absolute atomic E-state index is 0.0625. The molecule has 1 N–H and O–H groups in total. The average Bonchev–Trinajstić information content (AvgIpc) is 2.38. The van der Waals surface area contributed by atoms with Gasteiger partial charge in [-0.05, 0) is 30.9 Å². The average molecular weight is 253 g/mol. The molecule has 1 aliphatic carbocycles. The van der Waals surface area contributed by atoms with Crippen molar-refractivity contribution in [2.24, 2.45) is 5.92 Å². The molecule has 1 aromatic rings. The molecule has 0 saturated heterocycles. The number of carbonyl (C=O) groups excluding carboxylic acids is 1. The zero-order valence-corrected chi connectivity index (χ0v) is 10.5. The lowest BCUT2D eigenvalue weighted by molar-refractivity contribution is 0.0943. The third-order valence-electron chi connectivity index (χ3n) is 3.26. The molecule has 1 heterocycles. The summed E-state index contributed by atoms with van der Waals surface area (Å²) in [6.45, 7) is 0.669. The van der Waals surface area contributed by atoms with E-state index in [0.29, 0.717) is 18.0 Å². The van der Waals surface area contributed by atoms with Crippen LogP contribution in [0, 0.1) is 5.92 Å². The molecule has 0 spiro atoms. The molecule has 4 heteroatoms. The van der Waals surface area contributed by atoms with Gasteiger partial charge >= 0.3 is 0 Å².